The van der Waals surface area contributed by atoms with Crippen LogP contribution in [0.3, 0.4) is 0 Å². The maximum Gasteiger partial charge on any atom is 0.321 e. The molecular formula is C19H27N5O2. The van der Waals surface area contributed by atoms with E-state index in [1.807, 2.05) is 4.90 Å². The lowest BCUT2D eigenvalue weighted by Crippen LogP contribution is -2.36. The van der Waals surface area contributed by atoms with Crippen LogP contribution < -0.4 is 10.6 Å². The number of hydrogen-bond acceptors (Lipinski definition) is 3. The highest BCUT2D eigenvalue weighted by molar-refractivity contribution is 5.89. The summed E-state index contributed by atoms with van der Waals surface area (Å²) in [5, 5.41) is 10.1. The van der Waals surface area contributed by atoms with Crippen molar-refractivity contribution in [2.45, 2.75) is 51.6 Å². The first-order valence-corrected chi connectivity index (χ1v) is 9.89. The van der Waals surface area contributed by atoms with Gasteiger partial charge in [-0.2, -0.15) is 5.10 Å². The van der Waals surface area contributed by atoms with Crippen LogP contribution in [-0.2, 0) is 11.3 Å². The Morgan fingerprint density at radius 2 is 2.15 bits per heavy atom. The van der Waals surface area contributed by atoms with Gasteiger partial charge in [0, 0.05) is 25.3 Å². The number of likely N-dealkylation sites (tertiary alicyclic amines) is 1. The number of rotatable bonds is 4. The lowest BCUT2D eigenvalue weighted by atomic mass is 9.70. The van der Waals surface area contributed by atoms with E-state index >= 15 is 0 Å². The van der Waals surface area contributed by atoms with E-state index in [-0.39, 0.29) is 18.5 Å². The Labute approximate surface area is 153 Å². The summed E-state index contributed by atoms with van der Waals surface area (Å²) in [7, 11) is 0. The van der Waals surface area contributed by atoms with Crippen LogP contribution >= 0.6 is 0 Å². The summed E-state index contributed by atoms with van der Waals surface area (Å²) in [5.41, 5.74) is 0.963. The first kappa shape index (κ1) is 16.1. The van der Waals surface area contributed by atoms with E-state index in [0.29, 0.717) is 23.1 Å². The predicted molar refractivity (Wildman–Crippen MR) is 96.4 cm³/mol. The second-order valence-electron chi connectivity index (χ2n) is 8.96. The van der Waals surface area contributed by atoms with Gasteiger partial charge in [-0.25, -0.2) is 4.79 Å². The molecule has 3 aliphatic carbocycles. The molecular weight excluding hydrogens is 330 g/mol. The van der Waals surface area contributed by atoms with E-state index in [9.17, 15) is 9.59 Å². The number of amides is 3. The number of carbonyl (C=O) groups is 2. The quantitative estimate of drug-likeness (QED) is 0.866. The molecule has 26 heavy (non-hydrogen) atoms. The van der Waals surface area contributed by atoms with E-state index < -0.39 is 0 Å². The van der Waals surface area contributed by atoms with Crippen molar-refractivity contribution in [2.75, 3.05) is 18.4 Å². The molecule has 1 saturated heterocycles. The maximum atomic E-state index is 12.7. The lowest BCUT2D eigenvalue weighted by Gasteiger charge is -2.34. The number of nitrogens with zero attached hydrogens (tertiary/aromatic N) is 3. The third-order valence-electron chi connectivity index (χ3n) is 7.19. The summed E-state index contributed by atoms with van der Waals surface area (Å²) in [6, 6.07) is 0.311. The van der Waals surface area contributed by atoms with Crippen molar-refractivity contribution in [2.24, 2.45) is 23.2 Å². The Bertz CT molecular complexity index is 742. The highest BCUT2D eigenvalue weighted by Crippen LogP contribution is 2.62. The second kappa shape index (κ2) is 5.72. The smallest absolute Gasteiger partial charge is 0.321 e. The Morgan fingerprint density at radius 3 is 2.92 bits per heavy atom. The molecule has 5 rings (SSSR count). The van der Waals surface area contributed by atoms with Crippen molar-refractivity contribution in [3.63, 3.8) is 0 Å². The molecule has 1 aliphatic heterocycles. The molecule has 7 heteroatoms. The Hall–Kier alpha value is -2.05. The van der Waals surface area contributed by atoms with Crippen LogP contribution in [0.25, 0.3) is 0 Å². The molecule has 0 radical (unpaired) electrons. The van der Waals surface area contributed by atoms with Gasteiger partial charge in [-0.3, -0.25) is 9.48 Å². The van der Waals surface area contributed by atoms with Gasteiger partial charge in [0.2, 0.25) is 5.91 Å². The first-order valence-electron chi connectivity index (χ1n) is 9.89. The van der Waals surface area contributed by atoms with Gasteiger partial charge >= 0.3 is 6.03 Å². The number of fused-ring (bicyclic) bond motifs is 5. The van der Waals surface area contributed by atoms with Crippen LogP contribution in [-0.4, -0.2) is 45.8 Å². The molecule has 7 nitrogen and oxygen atoms in total. The molecule has 4 fully saturated rings. The van der Waals surface area contributed by atoms with Crippen LogP contribution in [0.2, 0.25) is 0 Å². The molecule has 2 heterocycles. The number of hydrogen-bond donors (Lipinski definition) is 2. The summed E-state index contributed by atoms with van der Waals surface area (Å²) in [5.74, 6) is 2.25. The zero-order chi connectivity index (χ0) is 17.9. The van der Waals surface area contributed by atoms with Crippen LogP contribution in [0.5, 0.6) is 0 Å². The first-order chi connectivity index (χ1) is 12.5. The minimum absolute atomic E-state index is 0.0238. The molecule has 2 bridgehead atoms. The second-order valence-corrected chi connectivity index (χ2v) is 8.96. The molecule has 1 aromatic rings. The van der Waals surface area contributed by atoms with E-state index in [1.165, 1.54) is 19.3 Å². The van der Waals surface area contributed by atoms with Gasteiger partial charge in [0.1, 0.15) is 6.54 Å². The molecule has 2 unspecified atom stereocenters. The summed E-state index contributed by atoms with van der Waals surface area (Å²) in [6.45, 7) is 4.31. The minimum Gasteiger partial charge on any atom is -0.352 e. The number of urea groups is 1. The van der Waals surface area contributed by atoms with E-state index in [1.54, 1.807) is 17.1 Å². The highest BCUT2D eigenvalue weighted by atomic mass is 16.2. The molecule has 0 spiro atoms. The van der Waals surface area contributed by atoms with Crippen LogP contribution in [0.15, 0.2) is 12.4 Å². The Morgan fingerprint density at radius 1 is 1.31 bits per heavy atom. The van der Waals surface area contributed by atoms with Gasteiger partial charge in [-0.05, 0) is 55.3 Å². The van der Waals surface area contributed by atoms with Gasteiger partial charge in [0.25, 0.3) is 0 Å². The molecule has 1 aromatic heterocycles. The summed E-state index contributed by atoms with van der Waals surface area (Å²) >= 11 is 0. The fourth-order valence-corrected chi connectivity index (χ4v) is 5.66. The van der Waals surface area contributed by atoms with Gasteiger partial charge in [-0.15, -0.1) is 0 Å². The summed E-state index contributed by atoms with van der Waals surface area (Å²) in [4.78, 5) is 26.5. The highest BCUT2D eigenvalue weighted by Gasteiger charge is 2.59. The third-order valence-corrected chi connectivity index (χ3v) is 7.19. The largest absolute Gasteiger partial charge is 0.352 e. The molecule has 3 amide bonds. The van der Waals surface area contributed by atoms with Crippen molar-refractivity contribution < 1.29 is 9.59 Å². The van der Waals surface area contributed by atoms with Crippen LogP contribution in [0, 0.1) is 23.2 Å². The minimum atomic E-state index is -0.0398. The monoisotopic (exact) mass is 357 g/mol. The molecule has 2 N–H and O–H groups in total. The zero-order valence-electron chi connectivity index (χ0n) is 15.3. The van der Waals surface area contributed by atoms with E-state index in [2.05, 4.69) is 22.7 Å². The number of anilines is 1. The fraction of sp³-hybridized carbons (Fsp3) is 0.737. The zero-order valence-corrected chi connectivity index (χ0v) is 15.3. The normalized spacial score (nSPS) is 34.8. The SMILES string of the molecule is CC12CN(C(=O)Nc3cnn(CC(=O)NC4CC4)c3)CC1[C@@H]1CC[C@H]2C1. The average Bonchev–Trinajstić information content (AvgIpc) is 2.97. The third kappa shape index (κ3) is 2.68. The van der Waals surface area contributed by atoms with Gasteiger partial charge in [0.05, 0.1) is 11.9 Å². The predicted octanol–water partition coefficient (Wildman–Crippen LogP) is 2.06. The van der Waals surface area contributed by atoms with E-state index in [4.69, 9.17) is 0 Å². The van der Waals surface area contributed by atoms with E-state index in [0.717, 1.165) is 37.8 Å². The Balaban J connectivity index is 1.18. The Kier molecular flexibility index (Phi) is 3.56. The summed E-state index contributed by atoms with van der Waals surface area (Å²) < 4.78 is 1.58. The molecule has 3 saturated carbocycles. The fourth-order valence-electron chi connectivity index (χ4n) is 5.66. The van der Waals surface area contributed by atoms with Crippen molar-refractivity contribution in [3.05, 3.63) is 12.4 Å². The number of nitrogens with one attached hydrogen (secondary N) is 2. The average molecular weight is 357 g/mol. The van der Waals surface area contributed by atoms with Crippen LogP contribution in [0.4, 0.5) is 10.5 Å². The topological polar surface area (TPSA) is 79.3 Å². The van der Waals surface area contributed by atoms with Crippen molar-refractivity contribution in [1.29, 1.82) is 0 Å². The van der Waals surface area contributed by atoms with Crippen molar-refractivity contribution in [1.82, 2.24) is 20.0 Å². The van der Waals surface area contributed by atoms with Crippen molar-refractivity contribution >= 4 is 17.6 Å². The number of aromatic nitrogens is 2. The maximum absolute atomic E-state index is 12.7. The van der Waals surface area contributed by atoms with Crippen molar-refractivity contribution in [3.8, 4) is 0 Å². The molecule has 4 atom stereocenters. The lowest BCUT2D eigenvalue weighted by molar-refractivity contribution is -0.122. The standard InChI is InChI=1S/C19H27N5O2/c1-19-11-23(9-16(19)12-2-3-13(19)6-12)18(26)22-15-7-20-24(8-15)10-17(25)21-14-4-5-14/h7-8,12-14,16H,2-6,9-11H2,1H3,(H,21,25)(H,22,26)/t12-,13+,16?,19?/m1/s1. The van der Waals surface area contributed by atoms with Gasteiger partial charge in [0.15, 0.2) is 0 Å². The molecule has 4 aliphatic rings. The summed E-state index contributed by atoms with van der Waals surface area (Å²) in [6.07, 6.45) is 9.54. The van der Waals surface area contributed by atoms with Crippen LogP contribution in [0.1, 0.15) is 39.0 Å². The van der Waals surface area contributed by atoms with Gasteiger partial charge in [-0.1, -0.05) is 6.92 Å². The van der Waals surface area contributed by atoms with Gasteiger partial charge < -0.3 is 15.5 Å². The molecule has 140 valence electrons. The molecule has 0 aromatic carbocycles. The number of carbonyl (C=O) groups excluding carboxylic acids is 2.